The van der Waals surface area contributed by atoms with Gasteiger partial charge in [-0.15, -0.1) is 0 Å². The number of carbonyl (C=O) groups excluding carboxylic acids is 1. The summed E-state index contributed by atoms with van der Waals surface area (Å²) in [4.78, 5) is 22.2. The zero-order valence-electron chi connectivity index (χ0n) is 12.2. The van der Waals surface area contributed by atoms with Gasteiger partial charge in [-0.1, -0.05) is 6.92 Å². The van der Waals surface area contributed by atoms with Crippen LogP contribution in [0.4, 0.5) is 0 Å². The first-order valence-corrected chi connectivity index (χ1v) is 7.78. The Balaban J connectivity index is 3.11. The first kappa shape index (κ1) is 17.2. The maximum absolute atomic E-state index is 12.4. The van der Waals surface area contributed by atoms with E-state index in [2.05, 4.69) is 5.32 Å². The fourth-order valence-electron chi connectivity index (χ4n) is 1.85. The largest absolute Gasteiger partial charge is 0.481 e. The Morgan fingerprint density at radius 1 is 1.43 bits per heavy atom. The highest BCUT2D eigenvalue weighted by Gasteiger charge is 2.26. The second kappa shape index (κ2) is 6.72. The van der Waals surface area contributed by atoms with Crippen LogP contribution in [0.25, 0.3) is 0 Å². The summed E-state index contributed by atoms with van der Waals surface area (Å²) >= 11 is 0. The Kier molecular flexibility index (Phi) is 5.50. The molecule has 1 aromatic heterocycles. The van der Waals surface area contributed by atoms with Crippen LogP contribution >= 0.6 is 0 Å². The minimum absolute atomic E-state index is 0.0316. The topological polar surface area (TPSA) is 109 Å². The van der Waals surface area contributed by atoms with Gasteiger partial charge in [-0.3, -0.25) is 9.59 Å². The second-order valence-electron chi connectivity index (χ2n) is 4.39. The van der Waals surface area contributed by atoms with E-state index in [4.69, 9.17) is 5.11 Å². The molecular weight excluding hydrogens is 298 g/mol. The normalized spacial score (nSPS) is 11.6. The predicted octanol–water partition coefficient (Wildman–Crippen LogP) is -0.130. The maximum atomic E-state index is 12.4. The van der Waals surface area contributed by atoms with Crippen LogP contribution in [0.1, 0.15) is 23.8 Å². The van der Waals surface area contributed by atoms with E-state index in [-0.39, 0.29) is 30.1 Å². The lowest BCUT2D eigenvalue weighted by atomic mass is 10.4. The van der Waals surface area contributed by atoms with E-state index in [1.807, 2.05) is 0 Å². The standard InChI is InChI=1S/C12H19N3O5S/c1-4-15(6-5-11(16)17)21(19,20)9-7-10(12(18)13-2)14(3)8-9/h7-8H,4-6H2,1-3H3,(H,13,18)(H,16,17). The molecule has 8 nitrogen and oxygen atoms in total. The number of hydrogen-bond donors (Lipinski definition) is 2. The van der Waals surface area contributed by atoms with E-state index in [0.29, 0.717) is 0 Å². The van der Waals surface area contributed by atoms with E-state index in [9.17, 15) is 18.0 Å². The van der Waals surface area contributed by atoms with Crippen molar-refractivity contribution in [1.29, 1.82) is 0 Å². The molecule has 0 saturated carbocycles. The summed E-state index contributed by atoms with van der Waals surface area (Å²) in [6.07, 6.45) is 1.06. The number of amides is 1. The lowest BCUT2D eigenvalue weighted by molar-refractivity contribution is -0.137. The first-order valence-electron chi connectivity index (χ1n) is 6.34. The van der Waals surface area contributed by atoms with Crippen LogP contribution in [0.3, 0.4) is 0 Å². The van der Waals surface area contributed by atoms with Crippen LogP contribution in [0.15, 0.2) is 17.2 Å². The number of aryl methyl sites for hydroxylation is 1. The monoisotopic (exact) mass is 317 g/mol. The third-order valence-corrected chi connectivity index (χ3v) is 4.94. The van der Waals surface area contributed by atoms with Crippen molar-refractivity contribution in [3.63, 3.8) is 0 Å². The van der Waals surface area contributed by atoms with Crippen LogP contribution in [0.2, 0.25) is 0 Å². The van der Waals surface area contributed by atoms with Crippen molar-refractivity contribution >= 4 is 21.9 Å². The fourth-order valence-corrected chi connectivity index (χ4v) is 3.37. The van der Waals surface area contributed by atoms with Gasteiger partial charge in [0.25, 0.3) is 5.91 Å². The summed E-state index contributed by atoms with van der Waals surface area (Å²) in [6.45, 7) is 1.67. The van der Waals surface area contributed by atoms with E-state index >= 15 is 0 Å². The number of nitrogens with zero attached hydrogens (tertiary/aromatic N) is 2. The van der Waals surface area contributed by atoms with Gasteiger partial charge in [0.15, 0.2) is 0 Å². The Bertz CT molecular complexity index is 635. The number of carbonyl (C=O) groups is 2. The molecular formula is C12H19N3O5S. The summed E-state index contributed by atoms with van der Waals surface area (Å²) in [5.41, 5.74) is 0.213. The van der Waals surface area contributed by atoms with E-state index < -0.39 is 21.9 Å². The van der Waals surface area contributed by atoms with Gasteiger partial charge in [-0.2, -0.15) is 4.31 Å². The molecule has 0 unspecified atom stereocenters. The minimum Gasteiger partial charge on any atom is -0.481 e. The van der Waals surface area contributed by atoms with Gasteiger partial charge in [-0.05, 0) is 6.07 Å². The number of carboxylic acid groups (broad SMARTS) is 1. The molecule has 1 rings (SSSR count). The molecule has 1 aromatic rings. The van der Waals surface area contributed by atoms with Crippen molar-refractivity contribution in [2.24, 2.45) is 7.05 Å². The quantitative estimate of drug-likeness (QED) is 0.728. The van der Waals surface area contributed by atoms with Gasteiger partial charge in [0, 0.05) is 33.4 Å². The molecule has 0 radical (unpaired) electrons. The van der Waals surface area contributed by atoms with Crippen LogP contribution in [-0.2, 0) is 21.9 Å². The molecule has 0 aliphatic carbocycles. The van der Waals surface area contributed by atoms with Gasteiger partial charge in [0.05, 0.1) is 6.42 Å². The fraction of sp³-hybridized carbons (Fsp3) is 0.500. The Labute approximate surface area is 123 Å². The van der Waals surface area contributed by atoms with Crippen molar-refractivity contribution in [3.8, 4) is 0 Å². The zero-order valence-corrected chi connectivity index (χ0v) is 13.0. The number of sulfonamides is 1. The third kappa shape index (κ3) is 3.82. The average molecular weight is 317 g/mol. The van der Waals surface area contributed by atoms with Gasteiger partial charge in [0.2, 0.25) is 10.0 Å². The number of nitrogens with one attached hydrogen (secondary N) is 1. The summed E-state index contributed by atoms with van der Waals surface area (Å²) in [5.74, 6) is -1.46. The zero-order chi connectivity index (χ0) is 16.2. The van der Waals surface area contributed by atoms with E-state index in [1.165, 1.54) is 23.9 Å². The van der Waals surface area contributed by atoms with Gasteiger partial charge >= 0.3 is 5.97 Å². The highest BCUT2D eigenvalue weighted by atomic mass is 32.2. The molecule has 118 valence electrons. The number of carboxylic acids is 1. The molecule has 0 saturated heterocycles. The Morgan fingerprint density at radius 2 is 2.05 bits per heavy atom. The SMILES string of the molecule is CCN(CCC(=O)O)S(=O)(=O)c1cc(C(=O)NC)n(C)c1. The van der Waals surface area contributed by atoms with Crippen molar-refractivity contribution < 1.29 is 23.1 Å². The molecule has 2 N–H and O–H groups in total. The molecule has 0 aliphatic heterocycles. The van der Waals surface area contributed by atoms with Crippen LogP contribution in [-0.4, -0.2) is 54.4 Å². The molecule has 0 atom stereocenters. The lowest BCUT2D eigenvalue weighted by Gasteiger charge is -2.18. The van der Waals surface area contributed by atoms with Crippen LogP contribution in [0, 0.1) is 0 Å². The first-order chi connectivity index (χ1) is 9.73. The second-order valence-corrected chi connectivity index (χ2v) is 6.33. The maximum Gasteiger partial charge on any atom is 0.304 e. The Morgan fingerprint density at radius 3 is 2.52 bits per heavy atom. The highest BCUT2D eigenvalue weighted by Crippen LogP contribution is 2.18. The highest BCUT2D eigenvalue weighted by molar-refractivity contribution is 7.89. The molecule has 0 spiro atoms. The van der Waals surface area contributed by atoms with Crippen LogP contribution in [0.5, 0.6) is 0 Å². The number of rotatable bonds is 7. The van der Waals surface area contributed by atoms with Gasteiger partial charge in [0.1, 0.15) is 10.6 Å². The minimum atomic E-state index is -3.82. The summed E-state index contributed by atoms with van der Waals surface area (Å²) < 4.78 is 27.4. The van der Waals surface area contributed by atoms with E-state index in [0.717, 1.165) is 4.31 Å². The molecule has 21 heavy (non-hydrogen) atoms. The predicted molar refractivity (Wildman–Crippen MR) is 75.5 cm³/mol. The summed E-state index contributed by atoms with van der Waals surface area (Å²) in [5, 5.41) is 11.1. The molecule has 1 heterocycles. The van der Waals surface area contributed by atoms with Gasteiger partial charge < -0.3 is 15.0 Å². The van der Waals surface area contributed by atoms with Crippen molar-refractivity contribution in [3.05, 3.63) is 18.0 Å². The number of aliphatic carboxylic acids is 1. The molecule has 0 bridgehead atoms. The van der Waals surface area contributed by atoms with Crippen LogP contribution < -0.4 is 5.32 Å². The molecule has 9 heteroatoms. The molecule has 0 aromatic carbocycles. The van der Waals surface area contributed by atoms with E-state index in [1.54, 1.807) is 14.0 Å². The smallest absolute Gasteiger partial charge is 0.304 e. The van der Waals surface area contributed by atoms with Crippen molar-refractivity contribution in [1.82, 2.24) is 14.2 Å². The molecule has 0 fully saturated rings. The molecule has 0 aliphatic rings. The summed E-state index contributed by atoms with van der Waals surface area (Å²) in [6, 6.07) is 1.28. The Hall–Kier alpha value is -1.87. The van der Waals surface area contributed by atoms with Crippen molar-refractivity contribution in [2.45, 2.75) is 18.2 Å². The summed E-state index contributed by atoms with van der Waals surface area (Å²) in [7, 11) is -0.801. The molecule has 1 amide bonds. The number of aromatic nitrogens is 1. The average Bonchev–Trinajstić information content (AvgIpc) is 2.80. The third-order valence-electron chi connectivity index (χ3n) is 3.01. The number of hydrogen-bond acceptors (Lipinski definition) is 4. The lowest BCUT2D eigenvalue weighted by Crippen LogP contribution is -2.32. The van der Waals surface area contributed by atoms with Crippen molar-refractivity contribution in [2.75, 3.05) is 20.1 Å². The van der Waals surface area contributed by atoms with Gasteiger partial charge in [-0.25, -0.2) is 8.42 Å².